The molecule has 1 aliphatic carbocycles. The Morgan fingerprint density at radius 2 is 1.95 bits per heavy atom. The van der Waals surface area contributed by atoms with Gasteiger partial charge in [0.15, 0.2) is 0 Å². The second kappa shape index (κ2) is 6.48. The first-order valence-corrected chi connectivity index (χ1v) is 7.77. The topological polar surface area (TPSA) is 58.4 Å². The zero-order chi connectivity index (χ0) is 15.5. The fourth-order valence-corrected chi connectivity index (χ4v) is 3.23. The van der Waals surface area contributed by atoms with Crippen molar-refractivity contribution in [2.45, 2.75) is 44.6 Å². The monoisotopic (exact) mass is 289 g/mol. The first-order valence-electron chi connectivity index (χ1n) is 7.77. The van der Waals surface area contributed by atoms with Gasteiger partial charge in [-0.2, -0.15) is 0 Å². The molecule has 1 amide bonds. The minimum absolute atomic E-state index is 0.0217. The number of nitrogen functional groups attached to an aromatic ring is 1. The van der Waals surface area contributed by atoms with E-state index < -0.39 is 0 Å². The average molecular weight is 289 g/mol. The Hall–Kier alpha value is -1.55. The summed E-state index contributed by atoms with van der Waals surface area (Å²) < 4.78 is 0. The molecule has 0 aliphatic heterocycles. The maximum Gasteiger partial charge on any atom is 0.251 e. The third-order valence-corrected chi connectivity index (χ3v) is 4.93. The van der Waals surface area contributed by atoms with Crippen LogP contribution in [0, 0.1) is 6.92 Å². The Labute approximate surface area is 127 Å². The van der Waals surface area contributed by atoms with Crippen LogP contribution in [-0.2, 0) is 0 Å². The molecule has 1 aliphatic rings. The molecule has 2 rings (SSSR count). The summed E-state index contributed by atoms with van der Waals surface area (Å²) in [5.41, 5.74) is 8.19. The van der Waals surface area contributed by atoms with Crippen LogP contribution in [0.3, 0.4) is 0 Å². The molecule has 4 heteroatoms. The quantitative estimate of drug-likeness (QED) is 0.838. The van der Waals surface area contributed by atoms with Crippen molar-refractivity contribution in [2.75, 3.05) is 26.4 Å². The fourth-order valence-electron chi connectivity index (χ4n) is 3.23. The van der Waals surface area contributed by atoms with Crippen molar-refractivity contribution >= 4 is 11.6 Å². The van der Waals surface area contributed by atoms with Crippen LogP contribution in [0.5, 0.6) is 0 Å². The molecule has 21 heavy (non-hydrogen) atoms. The highest BCUT2D eigenvalue weighted by Gasteiger charge is 2.34. The molecular weight excluding hydrogens is 262 g/mol. The van der Waals surface area contributed by atoms with Crippen molar-refractivity contribution in [1.82, 2.24) is 10.2 Å². The number of nitrogens with zero attached hydrogens (tertiary/aromatic N) is 1. The Morgan fingerprint density at radius 1 is 1.29 bits per heavy atom. The predicted molar refractivity (Wildman–Crippen MR) is 87.4 cm³/mol. The third kappa shape index (κ3) is 3.38. The van der Waals surface area contributed by atoms with Crippen LogP contribution in [0.15, 0.2) is 18.2 Å². The van der Waals surface area contributed by atoms with Crippen molar-refractivity contribution in [3.05, 3.63) is 29.3 Å². The average Bonchev–Trinajstić information content (AvgIpc) is 2.48. The number of likely N-dealkylation sites (N-methyl/N-ethyl adjacent to an activating group) is 1. The van der Waals surface area contributed by atoms with Gasteiger partial charge in [0.25, 0.3) is 5.91 Å². The molecule has 3 N–H and O–H groups in total. The summed E-state index contributed by atoms with van der Waals surface area (Å²) >= 11 is 0. The number of nitrogens with two attached hydrogens (primary N) is 1. The van der Waals surface area contributed by atoms with Crippen LogP contribution in [0.1, 0.15) is 48.0 Å². The number of hydrogen-bond donors (Lipinski definition) is 2. The summed E-state index contributed by atoms with van der Waals surface area (Å²) in [4.78, 5) is 14.7. The SMILES string of the molecule is Cc1c(N)cccc1C(=O)NCC1(N(C)C)CCCCC1. The van der Waals surface area contributed by atoms with E-state index in [9.17, 15) is 4.79 Å². The molecule has 1 saturated carbocycles. The van der Waals surface area contributed by atoms with E-state index in [-0.39, 0.29) is 11.4 Å². The fraction of sp³-hybridized carbons (Fsp3) is 0.588. The lowest BCUT2D eigenvalue weighted by atomic mass is 9.80. The maximum atomic E-state index is 12.4. The highest BCUT2D eigenvalue weighted by atomic mass is 16.1. The molecule has 1 aromatic carbocycles. The van der Waals surface area contributed by atoms with Crippen LogP contribution in [0.25, 0.3) is 0 Å². The summed E-state index contributed by atoms with van der Waals surface area (Å²) in [5.74, 6) is -0.0217. The number of anilines is 1. The molecule has 1 fully saturated rings. The second-order valence-corrected chi connectivity index (χ2v) is 6.38. The standard InChI is InChI=1S/C17H27N3O/c1-13-14(8-7-9-15(13)18)16(21)19-12-17(20(2)3)10-5-4-6-11-17/h7-9H,4-6,10-12,18H2,1-3H3,(H,19,21). The number of rotatable bonds is 4. The van der Waals surface area contributed by atoms with E-state index in [4.69, 9.17) is 5.73 Å². The molecule has 0 unspecified atom stereocenters. The molecule has 116 valence electrons. The summed E-state index contributed by atoms with van der Waals surface area (Å²) in [6.07, 6.45) is 6.08. The molecule has 1 aromatic rings. The number of carbonyl (C=O) groups is 1. The summed E-state index contributed by atoms with van der Waals surface area (Å²) in [6.45, 7) is 2.60. The van der Waals surface area contributed by atoms with Gasteiger partial charge in [-0.15, -0.1) is 0 Å². The predicted octanol–water partition coefficient (Wildman–Crippen LogP) is 2.57. The van der Waals surface area contributed by atoms with E-state index in [0.29, 0.717) is 17.8 Å². The van der Waals surface area contributed by atoms with Crippen molar-refractivity contribution < 1.29 is 4.79 Å². The Morgan fingerprint density at radius 3 is 2.57 bits per heavy atom. The molecule has 0 bridgehead atoms. The molecule has 0 radical (unpaired) electrons. The van der Waals surface area contributed by atoms with Crippen molar-refractivity contribution in [3.8, 4) is 0 Å². The minimum Gasteiger partial charge on any atom is -0.398 e. The lowest BCUT2D eigenvalue weighted by Gasteiger charge is -2.43. The Balaban J connectivity index is 2.07. The molecule has 0 heterocycles. The smallest absolute Gasteiger partial charge is 0.251 e. The van der Waals surface area contributed by atoms with Gasteiger partial charge < -0.3 is 16.0 Å². The molecule has 0 aromatic heterocycles. The van der Waals surface area contributed by atoms with Crippen LogP contribution in [0.4, 0.5) is 5.69 Å². The van der Waals surface area contributed by atoms with Crippen molar-refractivity contribution in [2.24, 2.45) is 0 Å². The van der Waals surface area contributed by atoms with Gasteiger partial charge in [-0.1, -0.05) is 25.3 Å². The van der Waals surface area contributed by atoms with Gasteiger partial charge in [-0.05, 0) is 51.6 Å². The van der Waals surface area contributed by atoms with Crippen LogP contribution >= 0.6 is 0 Å². The van der Waals surface area contributed by atoms with Gasteiger partial charge in [0, 0.05) is 23.3 Å². The Bertz CT molecular complexity index is 505. The van der Waals surface area contributed by atoms with Crippen LogP contribution in [-0.4, -0.2) is 37.0 Å². The van der Waals surface area contributed by atoms with Crippen molar-refractivity contribution in [1.29, 1.82) is 0 Å². The number of amides is 1. The number of benzene rings is 1. The molecule has 0 spiro atoms. The number of hydrogen-bond acceptors (Lipinski definition) is 3. The maximum absolute atomic E-state index is 12.4. The molecule has 0 saturated heterocycles. The first kappa shape index (κ1) is 15.8. The van der Waals surface area contributed by atoms with Gasteiger partial charge >= 0.3 is 0 Å². The van der Waals surface area contributed by atoms with Crippen LogP contribution in [0.2, 0.25) is 0 Å². The molecule has 0 atom stereocenters. The van der Waals surface area contributed by atoms with Crippen LogP contribution < -0.4 is 11.1 Å². The van der Waals surface area contributed by atoms with E-state index in [1.807, 2.05) is 25.1 Å². The normalized spacial score (nSPS) is 17.7. The van der Waals surface area contributed by atoms with Gasteiger partial charge in [-0.3, -0.25) is 4.79 Å². The highest BCUT2D eigenvalue weighted by Crippen LogP contribution is 2.31. The summed E-state index contributed by atoms with van der Waals surface area (Å²) in [7, 11) is 4.23. The van der Waals surface area contributed by atoms with Gasteiger partial charge in [0.1, 0.15) is 0 Å². The minimum atomic E-state index is -0.0217. The van der Waals surface area contributed by atoms with Gasteiger partial charge in [0.05, 0.1) is 0 Å². The largest absolute Gasteiger partial charge is 0.398 e. The lowest BCUT2D eigenvalue weighted by Crippen LogP contribution is -2.53. The van der Waals surface area contributed by atoms with Gasteiger partial charge in [-0.25, -0.2) is 0 Å². The molecular formula is C17H27N3O. The van der Waals surface area contributed by atoms with Crippen molar-refractivity contribution in [3.63, 3.8) is 0 Å². The summed E-state index contributed by atoms with van der Waals surface area (Å²) in [5, 5.41) is 3.12. The van der Waals surface area contributed by atoms with E-state index in [1.165, 1.54) is 19.3 Å². The highest BCUT2D eigenvalue weighted by molar-refractivity contribution is 5.96. The number of carbonyl (C=O) groups excluding carboxylic acids is 1. The van der Waals surface area contributed by atoms with Gasteiger partial charge in [0.2, 0.25) is 0 Å². The zero-order valence-corrected chi connectivity index (χ0v) is 13.4. The summed E-state index contributed by atoms with van der Waals surface area (Å²) in [6, 6.07) is 5.50. The first-order chi connectivity index (χ1) is 9.96. The van der Waals surface area contributed by atoms with E-state index >= 15 is 0 Å². The third-order valence-electron chi connectivity index (χ3n) is 4.93. The molecule has 4 nitrogen and oxygen atoms in total. The Kier molecular flexibility index (Phi) is 4.88. The van der Waals surface area contributed by atoms with E-state index in [2.05, 4.69) is 24.3 Å². The number of nitrogens with one attached hydrogen (secondary N) is 1. The van der Waals surface area contributed by atoms with E-state index in [0.717, 1.165) is 18.4 Å². The second-order valence-electron chi connectivity index (χ2n) is 6.38. The zero-order valence-electron chi connectivity index (χ0n) is 13.4. The van der Waals surface area contributed by atoms with E-state index in [1.54, 1.807) is 0 Å². The lowest BCUT2D eigenvalue weighted by molar-refractivity contribution is 0.0799.